The molecule has 2 aromatic carbocycles. The van der Waals surface area contributed by atoms with E-state index in [0.717, 1.165) is 0 Å². The van der Waals surface area contributed by atoms with Crippen molar-refractivity contribution in [2.45, 2.75) is 6.92 Å². The van der Waals surface area contributed by atoms with E-state index in [2.05, 4.69) is 21.2 Å². The molecule has 0 saturated heterocycles. The summed E-state index contributed by atoms with van der Waals surface area (Å²) in [4.78, 5) is 22.2. The predicted molar refractivity (Wildman–Crippen MR) is 79.9 cm³/mol. The van der Waals surface area contributed by atoms with Crippen molar-refractivity contribution in [3.05, 3.63) is 67.9 Å². The molecule has 0 unspecified atom stereocenters. The van der Waals surface area contributed by atoms with Crippen molar-refractivity contribution in [2.24, 2.45) is 0 Å². The van der Waals surface area contributed by atoms with Gasteiger partial charge >= 0.3 is 0 Å². The molecular weight excluding hydrogens is 343 g/mol. The van der Waals surface area contributed by atoms with Gasteiger partial charge in [0.2, 0.25) is 0 Å². The van der Waals surface area contributed by atoms with E-state index in [0.29, 0.717) is 15.7 Å². The molecule has 0 fully saturated rings. The minimum Gasteiger partial charge on any atom is -0.322 e. The number of halogens is 2. The van der Waals surface area contributed by atoms with Crippen molar-refractivity contribution in [1.29, 1.82) is 0 Å². The molecule has 0 aromatic heterocycles. The van der Waals surface area contributed by atoms with Gasteiger partial charge in [-0.05, 0) is 37.3 Å². The molecule has 0 heterocycles. The van der Waals surface area contributed by atoms with Gasteiger partial charge in [0.1, 0.15) is 5.82 Å². The molecule has 1 N–H and O–H groups in total. The lowest BCUT2D eigenvalue weighted by Crippen LogP contribution is -2.13. The van der Waals surface area contributed by atoms with Crippen LogP contribution in [0.2, 0.25) is 0 Å². The van der Waals surface area contributed by atoms with Crippen LogP contribution in [0.25, 0.3) is 0 Å². The number of carbonyl (C=O) groups excluding carboxylic acids is 1. The van der Waals surface area contributed by atoms with E-state index in [1.165, 1.54) is 30.3 Å². The summed E-state index contributed by atoms with van der Waals surface area (Å²) in [7, 11) is 0. The fourth-order valence-electron chi connectivity index (χ4n) is 1.81. The monoisotopic (exact) mass is 352 g/mol. The third-order valence-corrected chi connectivity index (χ3v) is 3.32. The zero-order valence-corrected chi connectivity index (χ0v) is 12.5. The lowest BCUT2D eigenvalue weighted by atomic mass is 10.1. The number of hydrogen-bond acceptors (Lipinski definition) is 3. The molecular formula is C14H10BrFN2O3. The molecule has 0 aliphatic heterocycles. The zero-order chi connectivity index (χ0) is 15.6. The Balaban J connectivity index is 2.23. The molecule has 5 nitrogen and oxygen atoms in total. The summed E-state index contributed by atoms with van der Waals surface area (Å²) in [6.07, 6.45) is 0. The van der Waals surface area contributed by atoms with Crippen molar-refractivity contribution >= 4 is 33.2 Å². The van der Waals surface area contributed by atoms with Gasteiger partial charge in [-0.3, -0.25) is 14.9 Å². The Morgan fingerprint density at radius 1 is 1.29 bits per heavy atom. The van der Waals surface area contributed by atoms with E-state index in [4.69, 9.17) is 0 Å². The highest BCUT2D eigenvalue weighted by Gasteiger charge is 2.14. The van der Waals surface area contributed by atoms with Crippen LogP contribution in [0.5, 0.6) is 0 Å². The molecule has 0 saturated carbocycles. The molecule has 0 aliphatic rings. The SMILES string of the molecule is Cc1cc(NC(=O)c2ccc(Br)cc2F)ccc1[N+](=O)[O-]. The predicted octanol–water partition coefficient (Wildman–Crippen LogP) is 4.06. The van der Waals surface area contributed by atoms with Gasteiger partial charge in [-0.15, -0.1) is 0 Å². The number of nitro groups is 1. The summed E-state index contributed by atoms with van der Waals surface area (Å²) in [6, 6.07) is 8.26. The Hall–Kier alpha value is -2.28. The number of nitrogens with one attached hydrogen (secondary N) is 1. The maximum atomic E-state index is 13.7. The van der Waals surface area contributed by atoms with E-state index in [-0.39, 0.29) is 11.3 Å². The van der Waals surface area contributed by atoms with E-state index < -0.39 is 16.6 Å². The Morgan fingerprint density at radius 2 is 2.00 bits per heavy atom. The number of hydrogen-bond donors (Lipinski definition) is 1. The van der Waals surface area contributed by atoms with Gasteiger partial charge < -0.3 is 5.32 Å². The minimum absolute atomic E-state index is 0.0391. The first-order chi connectivity index (χ1) is 9.88. The second-order valence-electron chi connectivity index (χ2n) is 4.34. The van der Waals surface area contributed by atoms with Gasteiger partial charge in [-0.1, -0.05) is 15.9 Å². The normalized spacial score (nSPS) is 10.2. The van der Waals surface area contributed by atoms with Gasteiger partial charge in [0.15, 0.2) is 0 Å². The second-order valence-corrected chi connectivity index (χ2v) is 5.25. The number of nitro benzene ring substituents is 1. The minimum atomic E-state index is -0.652. The third kappa shape index (κ3) is 3.43. The average molecular weight is 353 g/mol. The van der Waals surface area contributed by atoms with Crippen LogP contribution in [0.4, 0.5) is 15.8 Å². The number of rotatable bonds is 3. The maximum absolute atomic E-state index is 13.7. The number of carbonyl (C=O) groups is 1. The van der Waals surface area contributed by atoms with Crippen molar-refractivity contribution in [2.75, 3.05) is 5.32 Å². The highest BCUT2D eigenvalue weighted by Crippen LogP contribution is 2.22. The summed E-state index contributed by atoms with van der Waals surface area (Å²) < 4.78 is 14.2. The largest absolute Gasteiger partial charge is 0.322 e. The maximum Gasteiger partial charge on any atom is 0.272 e. The van der Waals surface area contributed by atoms with Crippen molar-refractivity contribution in [3.8, 4) is 0 Å². The summed E-state index contributed by atoms with van der Waals surface area (Å²) >= 11 is 3.11. The van der Waals surface area contributed by atoms with Crippen molar-refractivity contribution in [3.63, 3.8) is 0 Å². The quantitative estimate of drug-likeness (QED) is 0.668. The molecule has 21 heavy (non-hydrogen) atoms. The molecule has 0 atom stereocenters. The summed E-state index contributed by atoms with van der Waals surface area (Å²) in [5.74, 6) is -1.27. The smallest absolute Gasteiger partial charge is 0.272 e. The third-order valence-electron chi connectivity index (χ3n) is 2.83. The summed E-state index contributed by atoms with van der Waals surface area (Å²) in [6.45, 7) is 1.56. The summed E-state index contributed by atoms with van der Waals surface area (Å²) in [5, 5.41) is 13.2. The summed E-state index contributed by atoms with van der Waals surface area (Å²) in [5.41, 5.74) is 0.636. The highest BCUT2D eigenvalue weighted by molar-refractivity contribution is 9.10. The Kier molecular flexibility index (Phi) is 4.32. The first-order valence-electron chi connectivity index (χ1n) is 5.90. The Morgan fingerprint density at radius 3 is 2.57 bits per heavy atom. The molecule has 0 radical (unpaired) electrons. The van der Waals surface area contributed by atoms with Gasteiger partial charge in [0, 0.05) is 21.8 Å². The number of anilines is 1. The zero-order valence-electron chi connectivity index (χ0n) is 10.9. The first kappa shape index (κ1) is 15.1. The lowest BCUT2D eigenvalue weighted by Gasteiger charge is -2.07. The number of nitrogens with zero attached hydrogens (tertiary/aromatic N) is 1. The fourth-order valence-corrected chi connectivity index (χ4v) is 2.14. The first-order valence-corrected chi connectivity index (χ1v) is 6.69. The molecule has 2 aromatic rings. The highest BCUT2D eigenvalue weighted by atomic mass is 79.9. The topological polar surface area (TPSA) is 72.2 Å². The van der Waals surface area contributed by atoms with Crippen LogP contribution in [-0.2, 0) is 0 Å². The van der Waals surface area contributed by atoms with Crippen LogP contribution in [0.1, 0.15) is 15.9 Å². The van der Waals surface area contributed by atoms with Crippen LogP contribution >= 0.6 is 15.9 Å². The lowest BCUT2D eigenvalue weighted by molar-refractivity contribution is -0.385. The molecule has 1 amide bonds. The van der Waals surface area contributed by atoms with Crippen LogP contribution in [0, 0.1) is 22.9 Å². The van der Waals surface area contributed by atoms with Crippen LogP contribution in [0.3, 0.4) is 0 Å². The van der Waals surface area contributed by atoms with Crippen molar-refractivity contribution in [1.82, 2.24) is 0 Å². The van der Waals surface area contributed by atoms with E-state index in [1.54, 1.807) is 13.0 Å². The Labute approximate surface area is 128 Å². The molecule has 0 aliphatic carbocycles. The Bertz CT molecular complexity index is 734. The van der Waals surface area contributed by atoms with Gasteiger partial charge in [-0.2, -0.15) is 0 Å². The van der Waals surface area contributed by atoms with E-state index >= 15 is 0 Å². The standard InChI is InChI=1S/C14H10BrFN2O3/c1-8-6-10(3-5-13(8)18(20)21)17-14(19)11-4-2-9(15)7-12(11)16/h2-7H,1H3,(H,17,19). The number of amides is 1. The molecule has 2 rings (SSSR count). The fraction of sp³-hybridized carbons (Fsp3) is 0.0714. The molecule has 7 heteroatoms. The van der Waals surface area contributed by atoms with E-state index in [9.17, 15) is 19.3 Å². The van der Waals surface area contributed by atoms with Crippen LogP contribution in [-0.4, -0.2) is 10.8 Å². The number of benzene rings is 2. The van der Waals surface area contributed by atoms with Crippen LogP contribution < -0.4 is 5.32 Å². The van der Waals surface area contributed by atoms with E-state index in [1.807, 2.05) is 0 Å². The number of aryl methyl sites for hydroxylation is 1. The molecule has 0 bridgehead atoms. The van der Waals surface area contributed by atoms with Gasteiger partial charge in [-0.25, -0.2) is 4.39 Å². The second kappa shape index (κ2) is 6.01. The average Bonchev–Trinajstić information content (AvgIpc) is 2.37. The molecule has 0 spiro atoms. The molecule has 108 valence electrons. The van der Waals surface area contributed by atoms with Gasteiger partial charge in [0.25, 0.3) is 11.6 Å². The van der Waals surface area contributed by atoms with Crippen molar-refractivity contribution < 1.29 is 14.1 Å². The van der Waals surface area contributed by atoms with Crippen LogP contribution in [0.15, 0.2) is 40.9 Å². The van der Waals surface area contributed by atoms with Gasteiger partial charge in [0.05, 0.1) is 10.5 Å².